The first-order valence-electron chi connectivity index (χ1n) is 8.96. The van der Waals surface area contributed by atoms with E-state index in [4.69, 9.17) is 14.6 Å². The fourth-order valence-corrected chi connectivity index (χ4v) is 3.47. The lowest BCUT2D eigenvalue weighted by molar-refractivity contribution is -0.139. The lowest BCUT2D eigenvalue weighted by Crippen LogP contribution is -2.36. The predicted molar refractivity (Wildman–Crippen MR) is 100 cm³/mol. The molecule has 1 saturated heterocycles. The third-order valence-electron chi connectivity index (χ3n) is 4.73. The molecule has 6 heteroatoms. The first kappa shape index (κ1) is 18.8. The second-order valence-corrected chi connectivity index (χ2v) is 6.52. The van der Waals surface area contributed by atoms with Gasteiger partial charge in [-0.3, -0.25) is 4.79 Å². The zero-order valence-corrected chi connectivity index (χ0v) is 15.3. The molecule has 0 bridgehead atoms. The number of hydrogen-bond acceptors (Lipinski definition) is 4. The summed E-state index contributed by atoms with van der Waals surface area (Å²) in [6, 6.07) is 14.7. The molecule has 1 aliphatic rings. The molecule has 0 aliphatic carbocycles. The van der Waals surface area contributed by atoms with Crippen molar-refractivity contribution in [2.45, 2.75) is 25.3 Å². The predicted octanol–water partition coefficient (Wildman–Crippen LogP) is 3.01. The third kappa shape index (κ3) is 4.58. The van der Waals surface area contributed by atoms with E-state index >= 15 is 0 Å². The fourth-order valence-electron chi connectivity index (χ4n) is 3.47. The van der Waals surface area contributed by atoms with Crippen LogP contribution in [0.15, 0.2) is 48.5 Å². The third-order valence-corrected chi connectivity index (χ3v) is 4.73. The number of likely N-dealkylation sites (tertiary alicyclic amines) is 1. The highest BCUT2D eigenvalue weighted by Crippen LogP contribution is 2.27. The van der Waals surface area contributed by atoms with Crippen LogP contribution in [0.4, 0.5) is 0 Å². The second-order valence-electron chi connectivity index (χ2n) is 6.52. The van der Waals surface area contributed by atoms with Gasteiger partial charge in [-0.2, -0.15) is 0 Å². The van der Waals surface area contributed by atoms with Crippen molar-refractivity contribution in [3.63, 3.8) is 0 Å². The lowest BCUT2D eigenvalue weighted by atomic mass is 10.0. The first-order chi connectivity index (χ1) is 13.1. The topological polar surface area (TPSA) is 76.1 Å². The number of carboxylic acids is 1. The van der Waals surface area contributed by atoms with Gasteiger partial charge in [0.15, 0.2) is 6.61 Å². The monoisotopic (exact) mass is 369 g/mol. The van der Waals surface area contributed by atoms with Crippen LogP contribution in [-0.2, 0) is 11.2 Å². The van der Waals surface area contributed by atoms with E-state index in [1.165, 1.54) is 0 Å². The van der Waals surface area contributed by atoms with Gasteiger partial charge in [0.25, 0.3) is 5.91 Å². The quantitative estimate of drug-likeness (QED) is 0.812. The number of carbonyl (C=O) groups is 2. The molecule has 1 amide bonds. The van der Waals surface area contributed by atoms with E-state index in [0.29, 0.717) is 17.9 Å². The van der Waals surface area contributed by atoms with Crippen LogP contribution < -0.4 is 9.47 Å². The van der Waals surface area contributed by atoms with Gasteiger partial charge in [0.1, 0.15) is 11.5 Å². The summed E-state index contributed by atoms with van der Waals surface area (Å²) in [7, 11) is 1.65. The Hall–Kier alpha value is -3.02. The number of ether oxygens (including phenoxy) is 2. The molecule has 142 valence electrons. The zero-order valence-electron chi connectivity index (χ0n) is 15.3. The van der Waals surface area contributed by atoms with E-state index < -0.39 is 12.6 Å². The minimum Gasteiger partial charge on any atom is -0.496 e. The Balaban J connectivity index is 1.73. The van der Waals surface area contributed by atoms with Crippen molar-refractivity contribution in [3.05, 3.63) is 59.7 Å². The van der Waals surface area contributed by atoms with Crippen molar-refractivity contribution in [2.75, 3.05) is 20.3 Å². The Bertz CT molecular complexity index is 820. The number of aliphatic carboxylic acids is 1. The van der Waals surface area contributed by atoms with E-state index in [1.807, 2.05) is 29.2 Å². The van der Waals surface area contributed by atoms with Crippen LogP contribution in [-0.4, -0.2) is 48.2 Å². The Kier molecular flexibility index (Phi) is 5.96. The number of carboxylic acid groups (broad SMARTS) is 1. The average Bonchev–Trinajstić information content (AvgIpc) is 3.14. The molecule has 1 heterocycles. The van der Waals surface area contributed by atoms with Crippen LogP contribution in [0.25, 0.3) is 0 Å². The number of amides is 1. The molecule has 1 N–H and O–H groups in total. The smallest absolute Gasteiger partial charge is 0.341 e. The summed E-state index contributed by atoms with van der Waals surface area (Å²) in [5.74, 6) is 0.0981. The molecular formula is C21H23NO5. The van der Waals surface area contributed by atoms with Crippen molar-refractivity contribution in [2.24, 2.45) is 0 Å². The molecule has 6 nitrogen and oxygen atoms in total. The van der Waals surface area contributed by atoms with Crippen LogP contribution in [0.1, 0.15) is 28.8 Å². The Labute approximate surface area is 158 Å². The lowest BCUT2D eigenvalue weighted by Gasteiger charge is -2.25. The van der Waals surface area contributed by atoms with Crippen molar-refractivity contribution in [1.82, 2.24) is 4.90 Å². The molecule has 1 atom stereocenters. The van der Waals surface area contributed by atoms with E-state index in [2.05, 4.69) is 0 Å². The van der Waals surface area contributed by atoms with Gasteiger partial charge in [0, 0.05) is 18.2 Å². The van der Waals surface area contributed by atoms with Gasteiger partial charge < -0.3 is 19.5 Å². The highest BCUT2D eigenvalue weighted by molar-refractivity contribution is 5.95. The second kappa shape index (κ2) is 8.58. The van der Waals surface area contributed by atoms with Crippen LogP contribution in [0.3, 0.4) is 0 Å². The van der Waals surface area contributed by atoms with Crippen LogP contribution in [0.2, 0.25) is 0 Å². The van der Waals surface area contributed by atoms with E-state index in [-0.39, 0.29) is 11.9 Å². The average molecular weight is 369 g/mol. The van der Waals surface area contributed by atoms with Crippen LogP contribution >= 0.6 is 0 Å². The SMILES string of the molecule is COc1ccccc1CC1CCCN1C(=O)c1cccc(OCC(=O)O)c1. The molecule has 1 aliphatic heterocycles. The number of nitrogens with zero attached hydrogens (tertiary/aromatic N) is 1. The van der Waals surface area contributed by atoms with E-state index in [1.54, 1.807) is 31.4 Å². The number of methoxy groups -OCH3 is 1. The maximum atomic E-state index is 13.0. The van der Waals surface area contributed by atoms with Gasteiger partial charge in [0.2, 0.25) is 0 Å². The molecule has 3 rings (SSSR count). The van der Waals surface area contributed by atoms with Crippen molar-refractivity contribution >= 4 is 11.9 Å². The summed E-state index contributed by atoms with van der Waals surface area (Å²) in [6.07, 6.45) is 2.64. The van der Waals surface area contributed by atoms with Crippen LogP contribution in [0.5, 0.6) is 11.5 Å². The van der Waals surface area contributed by atoms with E-state index in [9.17, 15) is 9.59 Å². The molecule has 27 heavy (non-hydrogen) atoms. The van der Waals surface area contributed by atoms with Gasteiger partial charge in [0.05, 0.1) is 7.11 Å². The molecule has 0 saturated carbocycles. The summed E-state index contributed by atoms with van der Waals surface area (Å²) in [6.45, 7) is 0.274. The van der Waals surface area contributed by atoms with Gasteiger partial charge in [-0.15, -0.1) is 0 Å². The molecule has 2 aromatic rings. The molecule has 2 aromatic carbocycles. The Morgan fingerprint density at radius 3 is 2.78 bits per heavy atom. The summed E-state index contributed by atoms with van der Waals surface area (Å²) in [5.41, 5.74) is 1.59. The first-order valence-corrected chi connectivity index (χ1v) is 8.96. The fraction of sp³-hybridized carbons (Fsp3) is 0.333. The molecule has 0 radical (unpaired) electrons. The molecule has 1 unspecified atom stereocenters. The summed E-state index contributed by atoms with van der Waals surface area (Å²) in [5, 5.41) is 8.73. The van der Waals surface area contributed by atoms with Crippen LogP contribution in [0, 0.1) is 0 Å². The molecule has 1 fully saturated rings. The van der Waals surface area contributed by atoms with Crippen molar-refractivity contribution in [1.29, 1.82) is 0 Å². The molecular weight excluding hydrogens is 346 g/mol. The number of hydrogen-bond donors (Lipinski definition) is 1. The summed E-state index contributed by atoms with van der Waals surface area (Å²) < 4.78 is 10.6. The number of carbonyl (C=O) groups excluding carboxylic acids is 1. The van der Waals surface area contributed by atoms with Gasteiger partial charge in [-0.25, -0.2) is 4.79 Å². The Morgan fingerprint density at radius 2 is 2.00 bits per heavy atom. The van der Waals surface area contributed by atoms with Crippen molar-refractivity contribution in [3.8, 4) is 11.5 Å². The number of rotatable bonds is 7. The zero-order chi connectivity index (χ0) is 19.2. The highest BCUT2D eigenvalue weighted by Gasteiger charge is 2.30. The van der Waals surface area contributed by atoms with E-state index in [0.717, 1.165) is 30.6 Å². The Morgan fingerprint density at radius 1 is 1.19 bits per heavy atom. The molecule has 0 aromatic heterocycles. The van der Waals surface area contributed by atoms with Gasteiger partial charge >= 0.3 is 5.97 Å². The standard InChI is InChI=1S/C21H23NO5/c1-26-19-10-3-2-6-15(19)12-17-8-5-11-22(17)21(25)16-7-4-9-18(13-16)27-14-20(23)24/h2-4,6-7,9-10,13,17H,5,8,11-12,14H2,1H3,(H,23,24). The van der Waals surface area contributed by atoms with Crippen molar-refractivity contribution < 1.29 is 24.2 Å². The minimum absolute atomic E-state index is 0.0619. The van der Waals surface area contributed by atoms with Gasteiger partial charge in [-0.1, -0.05) is 24.3 Å². The number of para-hydroxylation sites is 1. The summed E-state index contributed by atoms with van der Waals surface area (Å²) >= 11 is 0. The largest absolute Gasteiger partial charge is 0.496 e. The minimum atomic E-state index is -1.05. The maximum absolute atomic E-state index is 13.0. The molecule has 0 spiro atoms. The number of benzene rings is 2. The normalized spacial score (nSPS) is 16.2. The highest BCUT2D eigenvalue weighted by atomic mass is 16.5. The summed E-state index contributed by atoms with van der Waals surface area (Å²) in [4.78, 5) is 25.6. The maximum Gasteiger partial charge on any atom is 0.341 e. The van der Waals surface area contributed by atoms with Gasteiger partial charge in [-0.05, 0) is 49.1 Å².